The molecule has 1 aromatic heterocycles. The Balaban J connectivity index is 2.44. The second kappa shape index (κ2) is 2.53. The SMILES string of the molecule is CC1CCNc2cnccc21. The Bertz CT molecular complexity index is 257. The van der Waals surface area contributed by atoms with Crippen molar-refractivity contribution in [2.24, 2.45) is 0 Å². The van der Waals surface area contributed by atoms with Gasteiger partial charge < -0.3 is 5.32 Å². The summed E-state index contributed by atoms with van der Waals surface area (Å²) in [5.74, 6) is 0.689. The standard InChI is InChI=1S/C9H12N2/c1-7-2-5-11-9-6-10-4-3-8(7)9/h3-4,6-7,11H,2,5H2,1H3. The summed E-state index contributed by atoms with van der Waals surface area (Å²) in [5, 5.41) is 3.33. The molecule has 0 aliphatic carbocycles. The number of fused-ring (bicyclic) bond motifs is 1. The van der Waals surface area contributed by atoms with E-state index in [1.54, 1.807) is 0 Å². The predicted molar refractivity (Wildman–Crippen MR) is 45.8 cm³/mol. The molecule has 11 heavy (non-hydrogen) atoms. The zero-order valence-electron chi connectivity index (χ0n) is 6.67. The molecule has 2 rings (SSSR count). The molecule has 0 saturated heterocycles. The van der Waals surface area contributed by atoms with E-state index in [1.165, 1.54) is 17.7 Å². The molecule has 1 aliphatic rings. The van der Waals surface area contributed by atoms with Gasteiger partial charge in [-0.1, -0.05) is 6.92 Å². The van der Waals surface area contributed by atoms with Crippen molar-refractivity contribution in [2.75, 3.05) is 11.9 Å². The van der Waals surface area contributed by atoms with Crippen LogP contribution in [-0.2, 0) is 0 Å². The molecule has 1 unspecified atom stereocenters. The maximum atomic E-state index is 4.07. The number of anilines is 1. The van der Waals surface area contributed by atoms with Crippen LogP contribution in [0, 0.1) is 0 Å². The summed E-state index contributed by atoms with van der Waals surface area (Å²) in [6.45, 7) is 3.35. The van der Waals surface area contributed by atoms with Gasteiger partial charge in [0.25, 0.3) is 0 Å². The third-order valence-electron chi connectivity index (χ3n) is 2.28. The summed E-state index contributed by atoms with van der Waals surface area (Å²) in [5.41, 5.74) is 2.62. The number of nitrogens with zero attached hydrogens (tertiary/aromatic N) is 1. The zero-order valence-corrected chi connectivity index (χ0v) is 6.67. The lowest BCUT2D eigenvalue weighted by Gasteiger charge is -2.22. The maximum Gasteiger partial charge on any atom is 0.0562 e. The van der Waals surface area contributed by atoms with Crippen LogP contribution in [-0.4, -0.2) is 11.5 Å². The average molecular weight is 148 g/mol. The summed E-state index contributed by atoms with van der Waals surface area (Å²) >= 11 is 0. The highest BCUT2D eigenvalue weighted by atomic mass is 14.9. The Hall–Kier alpha value is -1.05. The van der Waals surface area contributed by atoms with Crippen LogP contribution in [0.4, 0.5) is 5.69 Å². The van der Waals surface area contributed by atoms with Crippen LogP contribution >= 0.6 is 0 Å². The van der Waals surface area contributed by atoms with E-state index in [9.17, 15) is 0 Å². The highest BCUT2D eigenvalue weighted by Gasteiger charge is 2.14. The summed E-state index contributed by atoms with van der Waals surface area (Å²) < 4.78 is 0. The first-order valence-corrected chi connectivity index (χ1v) is 4.05. The summed E-state index contributed by atoms with van der Waals surface area (Å²) in [6.07, 6.45) is 5.00. The van der Waals surface area contributed by atoms with Crippen LogP contribution in [0.2, 0.25) is 0 Å². The Morgan fingerprint density at radius 2 is 2.55 bits per heavy atom. The first kappa shape index (κ1) is 6.65. The van der Waals surface area contributed by atoms with Crippen molar-refractivity contribution in [3.05, 3.63) is 24.0 Å². The Morgan fingerprint density at radius 3 is 3.36 bits per heavy atom. The lowest BCUT2D eigenvalue weighted by molar-refractivity contribution is 0.682. The third kappa shape index (κ3) is 1.09. The smallest absolute Gasteiger partial charge is 0.0562 e. The van der Waals surface area contributed by atoms with Gasteiger partial charge in [0.15, 0.2) is 0 Å². The Morgan fingerprint density at radius 1 is 1.64 bits per heavy atom. The van der Waals surface area contributed by atoms with Gasteiger partial charge in [0, 0.05) is 12.7 Å². The molecule has 2 heterocycles. The maximum absolute atomic E-state index is 4.07. The van der Waals surface area contributed by atoms with E-state index >= 15 is 0 Å². The van der Waals surface area contributed by atoms with Crippen molar-refractivity contribution in [1.82, 2.24) is 4.98 Å². The molecule has 2 nitrogen and oxygen atoms in total. The molecule has 0 aromatic carbocycles. The molecule has 2 heteroatoms. The third-order valence-corrected chi connectivity index (χ3v) is 2.28. The Labute approximate surface area is 66.7 Å². The van der Waals surface area contributed by atoms with Gasteiger partial charge in [-0.05, 0) is 24.0 Å². The fourth-order valence-electron chi connectivity index (χ4n) is 1.56. The normalized spacial score (nSPS) is 22.1. The number of aromatic nitrogens is 1. The number of pyridine rings is 1. The first-order valence-electron chi connectivity index (χ1n) is 4.05. The fraction of sp³-hybridized carbons (Fsp3) is 0.444. The van der Waals surface area contributed by atoms with Gasteiger partial charge in [-0.3, -0.25) is 4.98 Å². The molecule has 1 N–H and O–H groups in total. The summed E-state index contributed by atoms with van der Waals surface area (Å²) in [4.78, 5) is 4.07. The van der Waals surface area contributed by atoms with E-state index in [1.807, 2.05) is 12.4 Å². The van der Waals surface area contributed by atoms with E-state index in [2.05, 4.69) is 23.3 Å². The minimum atomic E-state index is 0.689. The molecule has 1 aromatic rings. The lowest BCUT2D eigenvalue weighted by Crippen LogP contribution is -2.14. The van der Waals surface area contributed by atoms with Crippen LogP contribution in [0.1, 0.15) is 24.8 Å². The van der Waals surface area contributed by atoms with Gasteiger partial charge in [-0.15, -0.1) is 0 Å². The molecule has 0 radical (unpaired) electrons. The summed E-state index contributed by atoms with van der Waals surface area (Å²) in [6, 6.07) is 2.10. The first-order chi connectivity index (χ1) is 5.38. The molecular formula is C9H12N2. The molecule has 58 valence electrons. The Kier molecular flexibility index (Phi) is 1.53. The van der Waals surface area contributed by atoms with Crippen LogP contribution in [0.3, 0.4) is 0 Å². The van der Waals surface area contributed by atoms with E-state index in [-0.39, 0.29) is 0 Å². The fourth-order valence-corrected chi connectivity index (χ4v) is 1.56. The topological polar surface area (TPSA) is 24.9 Å². The van der Waals surface area contributed by atoms with Crippen molar-refractivity contribution in [3.63, 3.8) is 0 Å². The molecule has 1 atom stereocenters. The number of hydrogen-bond donors (Lipinski definition) is 1. The van der Waals surface area contributed by atoms with E-state index in [4.69, 9.17) is 0 Å². The molecule has 0 bridgehead atoms. The molecular weight excluding hydrogens is 136 g/mol. The van der Waals surface area contributed by atoms with Crippen molar-refractivity contribution in [3.8, 4) is 0 Å². The molecule has 0 fully saturated rings. The number of nitrogens with one attached hydrogen (secondary N) is 1. The second-order valence-corrected chi connectivity index (χ2v) is 3.08. The largest absolute Gasteiger partial charge is 0.384 e. The van der Waals surface area contributed by atoms with Crippen molar-refractivity contribution >= 4 is 5.69 Å². The van der Waals surface area contributed by atoms with Crippen LogP contribution in [0.15, 0.2) is 18.5 Å². The van der Waals surface area contributed by atoms with Crippen molar-refractivity contribution in [2.45, 2.75) is 19.3 Å². The predicted octanol–water partition coefficient (Wildman–Crippen LogP) is 2.00. The van der Waals surface area contributed by atoms with E-state index in [0.717, 1.165) is 6.54 Å². The minimum absolute atomic E-state index is 0.689. The van der Waals surface area contributed by atoms with Crippen molar-refractivity contribution < 1.29 is 0 Å². The zero-order chi connectivity index (χ0) is 7.68. The highest BCUT2D eigenvalue weighted by molar-refractivity contribution is 5.52. The molecule has 0 amide bonds. The number of rotatable bonds is 0. The molecule has 1 aliphatic heterocycles. The van der Waals surface area contributed by atoms with Crippen LogP contribution in [0.5, 0.6) is 0 Å². The van der Waals surface area contributed by atoms with E-state index in [0.29, 0.717) is 5.92 Å². The van der Waals surface area contributed by atoms with Gasteiger partial charge in [-0.25, -0.2) is 0 Å². The van der Waals surface area contributed by atoms with Gasteiger partial charge in [0.1, 0.15) is 0 Å². The van der Waals surface area contributed by atoms with E-state index < -0.39 is 0 Å². The lowest BCUT2D eigenvalue weighted by atomic mass is 9.94. The van der Waals surface area contributed by atoms with Gasteiger partial charge in [0.05, 0.1) is 11.9 Å². The second-order valence-electron chi connectivity index (χ2n) is 3.08. The van der Waals surface area contributed by atoms with Gasteiger partial charge in [0.2, 0.25) is 0 Å². The van der Waals surface area contributed by atoms with Crippen molar-refractivity contribution in [1.29, 1.82) is 0 Å². The quantitative estimate of drug-likeness (QED) is 0.608. The van der Waals surface area contributed by atoms with Crippen LogP contribution in [0.25, 0.3) is 0 Å². The van der Waals surface area contributed by atoms with Gasteiger partial charge >= 0.3 is 0 Å². The monoisotopic (exact) mass is 148 g/mol. The number of hydrogen-bond acceptors (Lipinski definition) is 2. The average Bonchev–Trinajstić information content (AvgIpc) is 2.06. The van der Waals surface area contributed by atoms with Crippen LogP contribution < -0.4 is 5.32 Å². The molecule has 0 saturated carbocycles. The molecule has 0 spiro atoms. The highest BCUT2D eigenvalue weighted by Crippen LogP contribution is 2.29. The van der Waals surface area contributed by atoms with Gasteiger partial charge in [-0.2, -0.15) is 0 Å². The minimum Gasteiger partial charge on any atom is -0.384 e. The summed E-state index contributed by atoms with van der Waals surface area (Å²) in [7, 11) is 0.